The normalized spacial score (nSPS) is 15.3. The molecule has 2 aromatic carbocycles. The maximum Gasteiger partial charge on any atom is 0.245 e. The first-order valence-corrected chi connectivity index (χ1v) is 13.3. The highest BCUT2D eigenvalue weighted by Crippen LogP contribution is 2.24. The molecular formula is C21H27N3O6S2. The molecule has 1 fully saturated rings. The van der Waals surface area contributed by atoms with Crippen LogP contribution >= 0.6 is 0 Å². The van der Waals surface area contributed by atoms with Crippen LogP contribution in [0, 0.1) is 13.8 Å². The van der Waals surface area contributed by atoms with E-state index >= 15 is 0 Å². The van der Waals surface area contributed by atoms with Crippen LogP contribution in [0.15, 0.2) is 47.4 Å². The van der Waals surface area contributed by atoms with Gasteiger partial charge in [-0.25, -0.2) is 16.8 Å². The van der Waals surface area contributed by atoms with Gasteiger partial charge in [0.15, 0.2) is 0 Å². The lowest BCUT2D eigenvalue weighted by Crippen LogP contribution is -2.40. The molecule has 1 saturated heterocycles. The lowest BCUT2D eigenvalue weighted by atomic mass is 10.1. The topological polar surface area (TPSA) is 113 Å². The van der Waals surface area contributed by atoms with Crippen molar-refractivity contribution in [2.24, 2.45) is 0 Å². The van der Waals surface area contributed by atoms with Crippen LogP contribution in [0.1, 0.15) is 11.1 Å². The fourth-order valence-electron chi connectivity index (χ4n) is 3.44. The molecule has 0 unspecified atom stereocenters. The summed E-state index contributed by atoms with van der Waals surface area (Å²) < 4.78 is 57.8. The summed E-state index contributed by atoms with van der Waals surface area (Å²) in [6.45, 7) is 4.44. The van der Waals surface area contributed by atoms with Crippen molar-refractivity contribution < 1.29 is 26.4 Å². The zero-order valence-electron chi connectivity index (χ0n) is 18.2. The van der Waals surface area contributed by atoms with E-state index in [1.807, 2.05) is 32.0 Å². The van der Waals surface area contributed by atoms with Crippen LogP contribution in [0.5, 0.6) is 0 Å². The van der Waals surface area contributed by atoms with Gasteiger partial charge in [0, 0.05) is 18.8 Å². The number of hydrogen-bond donors (Lipinski definition) is 1. The Labute approximate surface area is 189 Å². The zero-order valence-corrected chi connectivity index (χ0v) is 19.9. The predicted molar refractivity (Wildman–Crippen MR) is 123 cm³/mol. The highest BCUT2D eigenvalue weighted by Gasteiger charge is 2.27. The summed E-state index contributed by atoms with van der Waals surface area (Å²) in [5.74, 6) is -0.502. The number of aryl methyl sites for hydroxylation is 2. The molecule has 0 bridgehead atoms. The van der Waals surface area contributed by atoms with Gasteiger partial charge in [0.1, 0.15) is 6.54 Å². The average Bonchev–Trinajstić information content (AvgIpc) is 2.75. The number of nitrogens with zero attached hydrogens (tertiary/aromatic N) is 2. The number of anilines is 2. The van der Waals surface area contributed by atoms with E-state index in [1.54, 1.807) is 0 Å². The summed E-state index contributed by atoms with van der Waals surface area (Å²) in [6, 6.07) is 11.1. The number of ether oxygens (including phenoxy) is 1. The van der Waals surface area contributed by atoms with Crippen LogP contribution in [0.2, 0.25) is 0 Å². The van der Waals surface area contributed by atoms with Crippen molar-refractivity contribution in [3.8, 4) is 0 Å². The van der Waals surface area contributed by atoms with Crippen LogP contribution in [-0.4, -0.2) is 66.2 Å². The molecule has 1 amide bonds. The van der Waals surface area contributed by atoms with E-state index in [2.05, 4.69) is 5.32 Å². The summed E-state index contributed by atoms with van der Waals surface area (Å²) in [7, 11) is -7.51. The van der Waals surface area contributed by atoms with Crippen molar-refractivity contribution in [3.63, 3.8) is 0 Å². The first kappa shape index (κ1) is 24.2. The molecule has 1 aliphatic heterocycles. The van der Waals surface area contributed by atoms with Crippen molar-refractivity contribution in [1.29, 1.82) is 0 Å². The van der Waals surface area contributed by atoms with Gasteiger partial charge in [-0.15, -0.1) is 0 Å². The summed E-state index contributed by atoms with van der Waals surface area (Å²) in [4.78, 5) is 12.7. The van der Waals surface area contributed by atoms with E-state index in [0.717, 1.165) is 21.7 Å². The minimum absolute atomic E-state index is 0.0524. The number of morpholine rings is 1. The highest BCUT2D eigenvalue weighted by molar-refractivity contribution is 7.92. The molecule has 0 atom stereocenters. The van der Waals surface area contributed by atoms with Crippen LogP contribution in [-0.2, 0) is 29.6 Å². The van der Waals surface area contributed by atoms with E-state index < -0.39 is 32.5 Å². The molecule has 1 heterocycles. The number of nitrogens with one attached hydrogen (secondary N) is 1. The Balaban J connectivity index is 1.81. The third-order valence-electron chi connectivity index (χ3n) is 5.17. The van der Waals surface area contributed by atoms with E-state index in [-0.39, 0.29) is 23.7 Å². The number of rotatable bonds is 7. The average molecular weight is 482 g/mol. The van der Waals surface area contributed by atoms with Gasteiger partial charge in [0.25, 0.3) is 0 Å². The molecule has 1 N–H and O–H groups in total. The number of para-hydroxylation sites is 1. The van der Waals surface area contributed by atoms with Crippen LogP contribution < -0.4 is 9.62 Å². The van der Waals surface area contributed by atoms with E-state index in [1.165, 1.54) is 28.6 Å². The number of carbonyl (C=O) groups excluding carboxylic acids is 1. The molecule has 0 spiro atoms. The lowest BCUT2D eigenvalue weighted by Gasteiger charge is -2.26. The fourth-order valence-corrected chi connectivity index (χ4v) is 5.71. The minimum atomic E-state index is -3.80. The third-order valence-corrected chi connectivity index (χ3v) is 8.22. The molecular weight excluding hydrogens is 454 g/mol. The molecule has 9 nitrogen and oxygen atoms in total. The second kappa shape index (κ2) is 9.57. The van der Waals surface area contributed by atoms with Crippen molar-refractivity contribution in [2.45, 2.75) is 18.7 Å². The Kier molecular flexibility index (Phi) is 7.23. The quantitative estimate of drug-likeness (QED) is 0.644. The highest BCUT2D eigenvalue weighted by atomic mass is 32.2. The molecule has 2 aromatic rings. The smallest absolute Gasteiger partial charge is 0.245 e. The molecule has 0 aromatic heterocycles. The van der Waals surface area contributed by atoms with Crippen LogP contribution in [0.4, 0.5) is 11.4 Å². The number of sulfonamides is 2. The molecule has 32 heavy (non-hydrogen) atoms. The van der Waals surface area contributed by atoms with Crippen LogP contribution in [0.25, 0.3) is 0 Å². The SMILES string of the molecule is Cc1cccc(C)c1NC(=O)CN(c1ccc(S(=O)(=O)N2CCOCC2)cc1)S(C)(=O)=O. The Morgan fingerprint density at radius 1 is 1.00 bits per heavy atom. The molecule has 11 heteroatoms. The van der Waals surface area contributed by atoms with E-state index in [4.69, 9.17) is 4.74 Å². The molecule has 3 rings (SSSR count). The summed E-state index contributed by atoms with van der Waals surface area (Å²) >= 11 is 0. The van der Waals surface area contributed by atoms with E-state index in [9.17, 15) is 21.6 Å². The van der Waals surface area contributed by atoms with Gasteiger partial charge in [-0.05, 0) is 49.2 Å². The number of carbonyl (C=O) groups is 1. The first-order valence-electron chi connectivity index (χ1n) is 10.0. The molecule has 0 radical (unpaired) electrons. The maximum atomic E-state index is 12.8. The lowest BCUT2D eigenvalue weighted by molar-refractivity contribution is -0.114. The van der Waals surface area contributed by atoms with E-state index in [0.29, 0.717) is 18.9 Å². The fraction of sp³-hybridized carbons (Fsp3) is 0.381. The standard InChI is InChI=1S/C21H27N3O6S2/c1-16-5-4-6-17(2)21(16)22-20(25)15-24(31(3,26)27)18-7-9-19(10-8-18)32(28,29)23-11-13-30-14-12-23/h4-10H,11-15H2,1-3H3,(H,22,25). The van der Waals surface area contributed by atoms with Gasteiger partial charge >= 0.3 is 0 Å². The number of hydrogen-bond acceptors (Lipinski definition) is 6. The number of benzene rings is 2. The Morgan fingerprint density at radius 2 is 1.56 bits per heavy atom. The second-order valence-electron chi connectivity index (χ2n) is 7.59. The minimum Gasteiger partial charge on any atom is -0.379 e. The van der Waals surface area contributed by atoms with Gasteiger partial charge in [-0.3, -0.25) is 9.10 Å². The molecule has 174 valence electrons. The van der Waals surface area contributed by atoms with Gasteiger partial charge in [0.2, 0.25) is 26.0 Å². The Morgan fingerprint density at radius 3 is 2.09 bits per heavy atom. The second-order valence-corrected chi connectivity index (χ2v) is 11.4. The number of amides is 1. The zero-order chi connectivity index (χ0) is 23.5. The van der Waals surface area contributed by atoms with Crippen molar-refractivity contribution in [1.82, 2.24) is 4.31 Å². The summed E-state index contributed by atoms with van der Waals surface area (Å²) in [5.41, 5.74) is 2.56. The van der Waals surface area contributed by atoms with Crippen molar-refractivity contribution in [2.75, 3.05) is 48.7 Å². The predicted octanol–water partition coefficient (Wildman–Crippen LogP) is 1.73. The van der Waals surface area contributed by atoms with Crippen molar-refractivity contribution in [3.05, 3.63) is 53.6 Å². The Hall–Kier alpha value is -2.47. The van der Waals surface area contributed by atoms with Gasteiger partial charge < -0.3 is 10.1 Å². The molecule has 0 saturated carbocycles. The van der Waals surface area contributed by atoms with Crippen LogP contribution in [0.3, 0.4) is 0 Å². The third kappa shape index (κ3) is 5.47. The van der Waals surface area contributed by atoms with Gasteiger partial charge in [0.05, 0.1) is 30.1 Å². The molecule has 1 aliphatic rings. The largest absolute Gasteiger partial charge is 0.379 e. The molecule has 0 aliphatic carbocycles. The first-order chi connectivity index (χ1) is 15.0. The van der Waals surface area contributed by atoms with Gasteiger partial charge in [-0.1, -0.05) is 18.2 Å². The maximum absolute atomic E-state index is 12.8. The summed E-state index contributed by atoms with van der Waals surface area (Å²) in [5, 5.41) is 2.77. The Bertz CT molecular complexity index is 1170. The van der Waals surface area contributed by atoms with Gasteiger partial charge in [-0.2, -0.15) is 4.31 Å². The monoisotopic (exact) mass is 481 g/mol. The van der Waals surface area contributed by atoms with Crippen molar-refractivity contribution >= 4 is 37.3 Å². The summed E-state index contributed by atoms with van der Waals surface area (Å²) in [6.07, 6.45) is 0.998.